The average Bonchev–Trinajstić information content (AvgIpc) is 2.61. The van der Waals surface area contributed by atoms with Crippen LogP contribution in [0.15, 0.2) is 51.7 Å². The Kier molecular flexibility index (Phi) is 4.70. The van der Waals surface area contributed by atoms with Gasteiger partial charge in [-0.15, -0.1) is 0 Å². The van der Waals surface area contributed by atoms with Gasteiger partial charge in [-0.3, -0.25) is 4.79 Å². The molecule has 2 aromatic carbocycles. The molecule has 0 fully saturated rings. The minimum Gasteiger partial charge on any atom is -0.485 e. The number of hydrogen-bond donors (Lipinski definition) is 0. The quantitative estimate of drug-likeness (QED) is 0.517. The zero-order valence-electron chi connectivity index (χ0n) is 14.6. The highest BCUT2D eigenvalue weighted by Crippen LogP contribution is 2.28. The van der Waals surface area contributed by atoms with Gasteiger partial charge in [0.1, 0.15) is 11.3 Å². The number of ether oxygens (including phenoxy) is 1. The number of aryl methyl sites for hydroxylation is 3. The molecule has 0 aliphatic rings. The molecule has 4 nitrogen and oxygen atoms in total. The summed E-state index contributed by atoms with van der Waals surface area (Å²) in [5, 5.41) is 0.900. The Hall–Kier alpha value is -2.88. The Morgan fingerprint density at radius 2 is 1.80 bits per heavy atom. The first-order chi connectivity index (χ1) is 12.0. The second-order valence-corrected chi connectivity index (χ2v) is 6.09. The molecule has 0 radical (unpaired) electrons. The van der Waals surface area contributed by atoms with Crippen molar-refractivity contribution in [2.24, 2.45) is 0 Å². The van der Waals surface area contributed by atoms with Crippen molar-refractivity contribution in [2.45, 2.75) is 27.2 Å². The van der Waals surface area contributed by atoms with Gasteiger partial charge in [-0.05, 0) is 38.0 Å². The lowest BCUT2D eigenvalue weighted by Gasteiger charge is -2.11. The lowest BCUT2D eigenvalue weighted by molar-refractivity contribution is 0.0921. The number of carbonyl (C=O) groups is 1. The highest BCUT2D eigenvalue weighted by molar-refractivity contribution is 5.97. The largest absolute Gasteiger partial charge is 0.485 e. The van der Waals surface area contributed by atoms with Gasteiger partial charge in [-0.1, -0.05) is 36.8 Å². The molecule has 0 saturated heterocycles. The van der Waals surface area contributed by atoms with Crippen LogP contribution in [0, 0.1) is 13.8 Å². The van der Waals surface area contributed by atoms with E-state index in [1.54, 1.807) is 12.1 Å². The smallest absolute Gasteiger partial charge is 0.336 e. The van der Waals surface area contributed by atoms with Crippen molar-refractivity contribution < 1.29 is 13.9 Å². The van der Waals surface area contributed by atoms with Crippen molar-refractivity contribution in [1.82, 2.24) is 0 Å². The van der Waals surface area contributed by atoms with Crippen molar-refractivity contribution in [1.29, 1.82) is 0 Å². The predicted octanol–water partition coefficient (Wildman–Crippen LogP) is 4.23. The molecule has 0 spiro atoms. The summed E-state index contributed by atoms with van der Waals surface area (Å²) < 4.78 is 11.1. The van der Waals surface area contributed by atoms with Crippen molar-refractivity contribution in [3.8, 4) is 5.75 Å². The first-order valence-electron chi connectivity index (χ1n) is 8.28. The fourth-order valence-electron chi connectivity index (χ4n) is 2.82. The monoisotopic (exact) mass is 336 g/mol. The van der Waals surface area contributed by atoms with Crippen LogP contribution in [0.1, 0.15) is 34.0 Å². The number of rotatable bonds is 5. The van der Waals surface area contributed by atoms with E-state index in [0.29, 0.717) is 16.9 Å². The Morgan fingerprint density at radius 1 is 1.08 bits per heavy atom. The van der Waals surface area contributed by atoms with E-state index >= 15 is 0 Å². The summed E-state index contributed by atoms with van der Waals surface area (Å²) in [5.41, 5.74) is 3.52. The van der Waals surface area contributed by atoms with Crippen LogP contribution in [0.25, 0.3) is 11.0 Å². The van der Waals surface area contributed by atoms with E-state index in [9.17, 15) is 9.59 Å². The molecule has 0 N–H and O–H groups in total. The third-order valence-corrected chi connectivity index (χ3v) is 4.31. The fraction of sp³-hybridized carbons (Fsp3) is 0.238. The van der Waals surface area contributed by atoms with Crippen LogP contribution in [-0.4, -0.2) is 12.4 Å². The van der Waals surface area contributed by atoms with E-state index in [4.69, 9.17) is 9.15 Å². The number of hydrogen-bond acceptors (Lipinski definition) is 4. The number of benzene rings is 2. The van der Waals surface area contributed by atoms with Crippen LogP contribution in [0.2, 0.25) is 0 Å². The number of Topliss-reactive ketones (excluding diaryl/α,β-unsaturated/α-hetero) is 1. The minimum absolute atomic E-state index is 0.0624. The topological polar surface area (TPSA) is 56.5 Å². The second kappa shape index (κ2) is 6.93. The number of ketones is 1. The maximum absolute atomic E-state index is 12.3. The van der Waals surface area contributed by atoms with Gasteiger partial charge in [0.25, 0.3) is 0 Å². The third-order valence-electron chi connectivity index (χ3n) is 4.31. The van der Waals surface area contributed by atoms with Gasteiger partial charge in [0, 0.05) is 22.6 Å². The number of carbonyl (C=O) groups excluding carboxylic acids is 1. The summed E-state index contributed by atoms with van der Waals surface area (Å²) in [6.07, 6.45) is 0.744. The predicted molar refractivity (Wildman–Crippen MR) is 97.6 cm³/mol. The molecular formula is C21H20O4. The molecule has 0 unspecified atom stereocenters. The summed E-state index contributed by atoms with van der Waals surface area (Å²) in [7, 11) is 0. The summed E-state index contributed by atoms with van der Waals surface area (Å²) in [5.74, 6) is 0.452. The Bertz CT molecular complexity index is 981. The van der Waals surface area contributed by atoms with Gasteiger partial charge in [-0.2, -0.15) is 0 Å². The zero-order chi connectivity index (χ0) is 18.0. The lowest BCUT2D eigenvalue weighted by Crippen LogP contribution is -2.12. The van der Waals surface area contributed by atoms with Crippen LogP contribution in [0.5, 0.6) is 5.75 Å². The summed E-state index contributed by atoms with van der Waals surface area (Å²) in [6.45, 7) is 5.74. The molecule has 0 bridgehead atoms. The van der Waals surface area contributed by atoms with Gasteiger partial charge < -0.3 is 9.15 Å². The molecule has 25 heavy (non-hydrogen) atoms. The first kappa shape index (κ1) is 17.0. The summed E-state index contributed by atoms with van der Waals surface area (Å²) in [4.78, 5) is 24.0. The maximum atomic E-state index is 12.3. The van der Waals surface area contributed by atoms with Crippen LogP contribution >= 0.6 is 0 Å². The molecule has 3 rings (SSSR count). The molecule has 0 aliphatic heterocycles. The van der Waals surface area contributed by atoms with E-state index in [0.717, 1.165) is 28.5 Å². The Labute approximate surface area is 146 Å². The van der Waals surface area contributed by atoms with Crippen molar-refractivity contribution in [3.63, 3.8) is 0 Å². The molecule has 3 aromatic rings. The van der Waals surface area contributed by atoms with E-state index in [2.05, 4.69) is 0 Å². The molecule has 1 heterocycles. The Morgan fingerprint density at radius 3 is 2.48 bits per heavy atom. The highest BCUT2D eigenvalue weighted by Gasteiger charge is 2.13. The zero-order valence-corrected chi connectivity index (χ0v) is 14.6. The van der Waals surface area contributed by atoms with Crippen molar-refractivity contribution in [2.75, 3.05) is 6.61 Å². The highest BCUT2D eigenvalue weighted by atomic mass is 16.5. The van der Waals surface area contributed by atoms with Crippen LogP contribution in [-0.2, 0) is 6.42 Å². The van der Waals surface area contributed by atoms with Crippen LogP contribution in [0.4, 0.5) is 0 Å². The third kappa shape index (κ3) is 3.48. The normalized spacial score (nSPS) is 10.8. The second-order valence-electron chi connectivity index (χ2n) is 6.09. The lowest BCUT2D eigenvalue weighted by atomic mass is 10.0. The van der Waals surface area contributed by atoms with E-state index in [1.165, 1.54) is 6.07 Å². The van der Waals surface area contributed by atoms with Gasteiger partial charge >= 0.3 is 5.63 Å². The molecule has 128 valence electrons. The van der Waals surface area contributed by atoms with Gasteiger partial charge in [0.05, 0.1) is 0 Å². The Balaban J connectivity index is 1.87. The van der Waals surface area contributed by atoms with Gasteiger partial charge in [0.15, 0.2) is 12.4 Å². The molecule has 0 aliphatic carbocycles. The van der Waals surface area contributed by atoms with Crippen molar-refractivity contribution in [3.05, 3.63) is 75.1 Å². The molecule has 0 saturated carbocycles. The fourth-order valence-corrected chi connectivity index (χ4v) is 2.82. The maximum Gasteiger partial charge on any atom is 0.336 e. The molecule has 0 atom stereocenters. The average molecular weight is 336 g/mol. The summed E-state index contributed by atoms with van der Waals surface area (Å²) >= 11 is 0. The first-order valence-corrected chi connectivity index (χ1v) is 8.28. The van der Waals surface area contributed by atoms with Gasteiger partial charge in [-0.25, -0.2) is 4.79 Å². The van der Waals surface area contributed by atoms with Gasteiger partial charge in [0.2, 0.25) is 0 Å². The molecular weight excluding hydrogens is 316 g/mol. The van der Waals surface area contributed by atoms with E-state index < -0.39 is 0 Å². The minimum atomic E-state index is -0.375. The van der Waals surface area contributed by atoms with Crippen LogP contribution < -0.4 is 10.4 Å². The van der Waals surface area contributed by atoms with Crippen molar-refractivity contribution >= 4 is 16.8 Å². The van der Waals surface area contributed by atoms with E-state index in [1.807, 2.05) is 45.0 Å². The van der Waals surface area contributed by atoms with E-state index in [-0.39, 0.29) is 18.0 Å². The molecule has 4 heteroatoms. The molecule has 0 amide bonds. The van der Waals surface area contributed by atoms with Crippen LogP contribution in [0.3, 0.4) is 0 Å². The SMILES string of the molecule is CCc1cc(=O)oc2c(C)c(OCC(=O)c3ccc(C)cc3)ccc12. The standard InChI is InChI=1S/C21H20O4/c1-4-15-11-20(23)25-21-14(3)19(10-9-17(15)21)24-12-18(22)16-7-5-13(2)6-8-16/h5-11H,4,12H2,1-3H3. The summed E-state index contributed by atoms with van der Waals surface area (Å²) in [6, 6.07) is 12.6. The molecule has 1 aromatic heterocycles. The number of fused-ring (bicyclic) bond motifs is 1.